The summed E-state index contributed by atoms with van der Waals surface area (Å²) < 4.78 is 0. The molecule has 0 amide bonds. The van der Waals surface area contributed by atoms with Crippen molar-refractivity contribution in [1.82, 2.24) is 10.2 Å². The summed E-state index contributed by atoms with van der Waals surface area (Å²) >= 11 is 0. The van der Waals surface area contributed by atoms with E-state index in [1.165, 1.54) is 12.8 Å². The van der Waals surface area contributed by atoms with E-state index in [9.17, 15) is 0 Å². The van der Waals surface area contributed by atoms with Crippen LogP contribution in [0.5, 0.6) is 0 Å². The SMILES string of the molecule is CN(C)CCCNCCCC(C)(C)N. The molecule has 0 heterocycles. The molecule has 0 aliphatic heterocycles. The Morgan fingerprint density at radius 2 is 1.71 bits per heavy atom. The van der Waals surface area contributed by atoms with E-state index >= 15 is 0 Å². The predicted octanol–water partition coefficient (Wildman–Crippen LogP) is 1.05. The minimum Gasteiger partial charge on any atom is -0.326 e. The zero-order chi connectivity index (χ0) is 11.0. The Morgan fingerprint density at radius 1 is 1.14 bits per heavy atom. The van der Waals surface area contributed by atoms with E-state index < -0.39 is 0 Å². The van der Waals surface area contributed by atoms with Gasteiger partial charge < -0.3 is 16.0 Å². The second kappa shape index (κ2) is 7.21. The standard InChI is InChI=1S/C11H27N3/c1-11(2,12)7-5-8-13-9-6-10-14(3)4/h13H,5-10,12H2,1-4H3. The summed E-state index contributed by atoms with van der Waals surface area (Å²) in [6, 6.07) is 0. The van der Waals surface area contributed by atoms with Crippen molar-refractivity contribution in [3.63, 3.8) is 0 Å². The quantitative estimate of drug-likeness (QED) is 0.577. The number of nitrogens with two attached hydrogens (primary N) is 1. The molecule has 0 spiro atoms. The van der Waals surface area contributed by atoms with Gasteiger partial charge in [0.15, 0.2) is 0 Å². The van der Waals surface area contributed by atoms with Crippen LogP contribution in [0.1, 0.15) is 33.1 Å². The molecule has 0 aromatic carbocycles. The largest absolute Gasteiger partial charge is 0.326 e. The predicted molar refractivity (Wildman–Crippen MR) is 63.5 cm³/mol. The Balaban J connectivity index is 3.07. The normalized spacial score (nSPS) is 12.4. The van der Waals surface area contributed by atoms with Crippen LogP contribution in [0.2, 0.25) is 0 Å². The summed E-state index contributed by atoms with van der Waals surface area (Å²) in [6.45, 7) is 7.53. The molecule has 3 heteroatoms. The molecule has 0 atom stereocenters. The Hall–Kier alpha value is -0.120. The molecule has 14 heavy (non-hydrogen) atoms. The van der Waals surface area contributed by atoms with Gasteiger partial charge in [0.05, 0.1) is 0 Å². The van der Waals surface area contributed by atoms with E-state index in [-0.39, 0.29) is 5.54 Å². The summed E-state index contributed by atoms with van der Waals surface area (Å²) in [5, 5.41) is 3.43. The molecule has 0 aliphatic rings. The number of nitrogens with one attached hydrogen (secondary N) is 1. The number of hydrogen-bond donors (Lipinski definition) is 2. The monoisotopic (exact) mass is 201 g/mol. The molecular weight excluding hydrogens is 174 g/mol. The first-order valence-electron chi connectivity index (χ1n) is 5.56. The van der Waals surface area contributed by atoms with E-state index in [2.05, 4.69) is 38.2 Å². The van der Waals surface area contributed by atoms with Gasteiger partial charge in [-0.15, -0.1) is 0 Å². The maximum absolute atomic E-state index is 5.88. The van der Waals surface area contributed by atoms with Crippen molar-refractivity contribution in [2.24, 2.45) is 5.73 Å². The molecule has 0 bridgehead atoms. The van der Waals surface area contributed by atoms with Crippen molar-refractivity contribution < 1.29 is 0 Å². The Bertz CT molecular complexity index is 127. The number of rotatable bonds is 8. The third-order valence-corrected chi connectivity index (χ3v) is 2.13. The maximum atomic E-state index is 5.88. The van der Waals surface area contributed by atoms with E-state index in [0.717, 1.165) is 26.1 Å². The molecule has 0 aromatic rings. The average molecular weight is 201 g/mol. The average Bonchev–Trinajstić information content (AvgIpc) is 2.00. The summed E-state index contributed by atoms with van der Waals surface area (Å²) in [7, 11) is 4.22. The van der Waals surface area contributed by atoms with Crippen LogP contribution in [-0.2, 0) is 0 Å². The van der Waals surface area contributed by atoms with Crippen molar-refractivity contribution >= 4 is 0 Å². The van der Waals surface area contributed by atoms with Gasteiger partial charge in [0.25, 0.3) is 0 Å². The molecule has 0 fully saturated rings. The Kier molecular flexibility index (Phi) is 7.15. The van der Waals surface area contributed by atoms with Gasteiger partial charge in [0.1, 0.15) is 0 Å². The van der Waals surface area contributed by atoms with Crippen molar-refractivity contribution in [1.29, 1.82) is 0 Å². The minimum atomic E-state index is -0.00861. The number of hydrogen-bond acceptors (Lipinski definition) is 3. The molecule has 0 rings (SSSR count). The van der Waals surface area contributed by atoms with E-state index in [4.69, 9.17) is 5.73 Å². The van der Waals surface area contributed by atoms with E-state index in [1.54, 1.807) is 0 Å². The fraction of sp³-hybridized carbons (Fsp3) is 1.00. The topological polar surface area (TPSA) is 41.3 Å². The van der Waals surface area contributed by atoms with Crippen LogP contribution in [0.3, 0.4) is 0 Å². The highest BCUT2D eigenvalue weighted by atomic mass is 15.0. The molecular formula is C11H27N3. The molecule has 0 saturated carbocycles. The van der Waals surface area contributed by atoms with Crippen LogP contribution in [0.15, 0.2) is 0 Å². The lowest BCUT2D eigenvalue weighted by molar-refractivity contribution is 0.391. The molecule has 0 saturated heterocycles. The molecule has 0 aliphatic carbocycles. The second-order valence-electron chi connectivity index (χ2n) is 5.00. The van der Waals surface area contributed by atoms with Crippen molar-refractivity contribution in [3.8, 4) is 0 Å². The van der Waals surface area contributed by atoms with Crippen LogP contribution in [0.25, 0.3) is 0 Å². The summed E-state index contributed by atoms with van der Waals surface area (Å²) in [6.07, 6.45) is 3.48. The minimum absolute atomic E-state index is 0.00861. The van der Waals surface area contributed by atoms with Crippen molar-refractivity contribution in [2.75, 3.05) is 33.7 Å². The van der Waals surface area contributed by atoms with Crippen LogP contribution < -0.4 is 11.1 Å². The van der Waals surface area contributed by atoms with E-state index in [1.807, 2.05) is 0 Å². The molecule has 0 radical (unpaired) electrons. The fourth-order valence-electron chi connectivity index (χ4n) is 1.31. The molecule has 0 unspecified atom stereocenters. The van der Waals surface area contributed by atoms with Gasteiger partial charge >= 0.3 is 0 Å². The zero-order valence-electron chi connectivity index (χ0n) is 10.3. The van der Waals surface area contributed by atoms with Gasteiger partial charge in [-0.1, -0.05) is 0 Å². The van der Waals surface area contributed by atoms with Crippen molar-refractivity contribution in [2.45, 2.75) is 38.6 Å². The zero-order valence-corrected chi connectivity index (χ0v) is 10.3. The van der Waals surface area contributed by atoms with Gasteiger partial charge in [-0.05, 0) is 66.8 Å². The lowest BCUT2D eigenvalue weighted by Gasteiger charge is -2.18. The fourth-order valence-corrected chi connectivity index (χ4v) is 1.31. The van der Waals surface area contributed by atoms with Gasteiger partial charge in [-0.25, -0.2) is 0 Å². The molecule has 3 N–H and O–H groups in total. The Labute approximate surface area is 89.0 Å². The van der Waals surface area contributed by atoms with Crippen LogP contribution in [0.4, 0.5) is 0 Å². The van der Waals surface area contributed by atoms with Crippen molar-refractivity contribution in [3.05, 3.63) is 0 Å². The van der Waals surface area contributed by atoms with Gasteiger partial charge in [0, 0.05) is 5.54 Å². The maximum Gasteiger partial charge on any atom is 0.00975 e. The van der Waals surface area contributed by atoms with Gasteiger partial charge in [-0.2, -0.15) is 0 Å². The van der Waals surface area contributed by atoms with Gasteiger partial charge in [0.2, 0.25) is 0 Å². The molecule has 3 nitrogen and oxygen atoms in total. The highest BCUT2D eigenvalue weighted by Crippen LogP contribution is 2.05. The van der Waals surface area contributed by atoms with E-state index in [0.29, 0.717) is 0 Å². The lowest BCUT2D eigenvalue weighted by Crippen LogP contribution is -2.33. The van der Waals surface area contributed by atoms with Gasteiger partial charge in [-0.3, -0.25) is 0 Å². The smallest absolute Gasteiger partial charge is 0.00975 e. The van der Waals surface area contributed by atoms with Crippen LogP contribution in [-0.4, -0.2) is 44.2 Å². The summed E-state index contributed by atoms with van der Waals surface area (Å²) in [5.41, 5.74) is 5.87. The van der Waals surface area contributed by atoms with Crippen LogP contribution in [0, 0.1) is 0 Å². The third kappa shape index (κ3) is 11.9. The summed E-state index contributed by atoms with van der Waals surface area (Å²) in [4.78, 5) is 2.21. The summed E-state index contributed by atoms with van der Waals surface area (Å²) in [5.74, 6) is 0. The van der Waals surface area contributed by atoms with Crippen LogP contribution >= 0.6 is 0 Å². The lowest BCUT2D eigenvalue weighted by atomic mass is 10.0. The first-order chi connectivity index (χ1) is 6.42. The third-order valence-electron chi connectivity index (χ3n) is 2.13. The Morgan fingerprint density at radius 3 is 2.21 bits per heavy atom. The first-order valence-corrected chi connectivity index (χ1v) is 5.56. The second-order valence-corrected chi connectivity index (χ2v) is 5.00. The first kappa shape index (κ1) is 13.9. The molecule has 0 aromatic heterocycles. The molecule has 86 valence electrons. The number of nitrogens with zero attached hydrogens (tertiary/aromatic N) is 1. The highest BCUT2D eigenvalue weighted by molar-refractivity contribution is 4.71. The highest BCUT2D eigenvalue weighted by Gasteiger charge is 2.08.